The third kappa shape index (κ3) is 3.48. The molecule has 0 aromatic carbocycles. The lowest BCUT2D eigenvalue weighted by atomic mass is 9.92. The molecule has 0 unspecified atom stereocenters. The van der Waals surface area contributed by atoms with Gasteiger partial charge in [0.05, 0.1) is 0 Å². The number of hydrogen-bond donors (Lipinski definition) is 1. The second kappa shape index (κ2) is 4.86. The van der Waals surface area contributed by atoms with Gasteiger partial charge in [0.25, 0.3) is 0 Å². The molecule has 1 heteroatoms. The average molecular weight is 209 g/mol. The summed E-state index contributed by atoms with van der Waals surface area (Å²) in [6, 6.07) is 0.850. The first kappa shape index (κ1) is 11.4. The summed E-state index contributed by atoms with van der Waals surface area (Å²) in [5.41, 5.74) is 0.714. The lowest BCUT2D eigenvalue weighted by Crippen LogP contribution is -2.35. The second-order valence-corrected chi connectivity index (χ2v) is 6.31. The van der Waals surface area contributed by atoms with Crippen molar-refractivity contribution >= 4 is 0 Å². The van der Waals surface area contributed by atoms with E-state index in [0.29, 0.717) is 5.41 Å². The molecule has 0 amide bonds. The molecule has 2 saturated carbocycles. The topological polar surface area (TPSA) is 12.0 Å². The third-order valence-corrected chi connectivity index (χ3v) is 4.17. The van der Waals surface area contributed by atoms with Crippen LogP contribution < -0.4 is 5.32 Å². The predicted molar refractivity (Wildman–Crippen MR) is 66.0 cm³/mol. The molecule has 0 saturated heterocycles. The van der Waals surface area contributed by atoms with Crippen molar-refractivity contribution in [1.29, 1.82) is 0 Å². The molecule has 0 aromatic heterocycles. The minimum Gasteiger partial charge on any atom is -0.313 e. The van der Waals surface area contributed by atoms with Crippen molar-refractivity contribution in [3.8, 4) is 0 Å². The molecule has 0 atom stereocenters. The van der Waals surface area contributed by atoms with Crippen LogP contribution in [0, 0.1) is 11.3 Å². The molecule has 0 aliphatic heterocycles. The highest BCUT2D eigenvalue weighted by atomic mass is 14.9. The predicted octanol–water partition coefficient (Wildman–Crippen LogP) is 3.74. The van der Waals surface area contributed by atoms with Crippen molar-refractivity contribution in [2.75, 3.05) is 6.54 Å². The molecular weight excluding hydrogens is 182 g/mol. The van der Waals surface area contributed by atoms with E-state index in [1.807, 2.05) is 0 Å². The Labute approximate surface area is 95.0 Å². The second-order valence-electron chi connectivity index (χ2n) is 6.31. The molecule has 2 fully saturated rings. The van der Waals surface area contributed by atoms with Crippen LogP contribution >= 0.6 is 0 Å². The maximum atomic E-state index is 3.83. The van der Waals surface area contributed by atoms with Crippen LogP contribution in [-0.4, -0.2) is 12.6 Å². The smallest absolute Gasteiger partial charge is 0.00672 e. The maximum Gasteiger partial charge on any atom is 0.00672 e. The van der Waals surface area contributed by atoms with E-state index in [-0.39, 0.29) is 0 Å². The van der Waals surface area contributed by atoms with E-state index in [1.165, 1.54) is 57.9 Å². The minimum absolute atomic E-state index is 0.714. The maximum absolute atomic E-state index is 3.83. The first-order valence-electron chi connectivity index (χ1n) is 6.94. The number of hydrogen-bond acceptors (Lipinski definition) is 1. The van der Waals surface area contributed by atoms with Gasteiger partial charge in [-0.25, -0.2) is 0 Å². The number of nitrogens with one attached hydrogen (secondary N) is 1. The molecule has 0 spiro atoms. The molecule has 1 N–H and O–H groups in total. The van der Waals surface area contributed by atoms with Gasteiger partial charge in [-0.15, -0.1) is 0 Å². The lowest BCUT2D eigenvalue weighted by molar-refractivity contribution is 0.310. The van der Waals surface area contributed by atoms with E-state index < -0.39 is 0 Å². The standard InChI is InChI=1S/C14H27N/c1-12(2)10-14(8-9-14)11-15-13-6-4-3-5-7-13/h12-13,15H,3-11H2,1-2H3. The fraction of sp³-hybridized carbons (Fsp3) is 1.00. The zero-order valence-corrected chi connectivity index (χ0v) is 10.5. The number of rotatable bonds is 5. The lowest BCUT2D eigenvalue weighted by Gasteiger charge is -2.26. The van der Waals surface area contributed by atoms with Gasteiger partial charge in [-0.1, -0.05) is 33.1 Å². The van der Waals surface area contributed by atoms with Crippen LogP contribution in [0.15, 0.2) is 0 Å². The van der Waals surface area contributed by atoms with Crippen molar-refractivity contribution in [3.05, 3.63) is 0 Å². The molecule has 0 bridgehead atoms. The highest BCUT2D eigenvalue weighted by Gasteiger charge is 2.42. The highest BCUT2D eigenvalue weighted by molar-refractivity contribution is 4.96. The Morgan fingerprint density at radius 1 is 1.13 bits per heavy atom. The van der Waals surface area contributed by atoms with Crippen molar-refractivity contribution in [1.82, 2.24) is 5.32 Å². The van der Waals surface area contributed by atoms with Crippen LogP contribution in [-0.2, 0) is 0 Å². The Morgan fingerprint density at radius 2 is 1.80 bits per heavy atom. The summed E-state index contributed by atoms with van der Waals surface area (Å²) in [4.78, 5) is 0. The normalized spacial score (nSPS) is 25.8. The van der Waals surface area contributed by atoms with Gasteiger partial charge in [0.2, 0.25) is 0 Å². The Kier molecular flexibility index (Phi) is 3.71. The molecule has 0 radical (unpaired) electrons. The van der Waals surface area contributed by atoms with Crippen LogP contribution in [0.25, 0.3) is 0 Å². The van der Waals surface area contributed by atoms with Crippen molar-refractivity contribution in [2.24, 2.45) is 11.3 Å². The van der Waals surface area contributed by atoms with Crippen LogP contribution in [0.5, 0.6) is 0 Å². The van der Waals surface area contributed by atoms with Gasteiger partial charge in [-0.05, 0) is 43.4 Å². The van der Waals surface area contributed by atoms with E-state index in [2.05, 4.69) is 19.2 Å². The van der Waals surface area contributed by atoms with Gasteiger partial charge >= 0.3 is 0 Å². The van der Waals surface area contributed by atoms with E-state index in [9.17, 15) is 0 Å². The molecule has 2 rings (SSSR count). The third-order valence-electron chi connectivity index (χ3n) is 4.17. The summed E-state index contributed by atoms with van der Waals surface area (Å²) in [6.45, 7) is 6.03. The Bertz CT molecular complexity index is 188. The van der Waals surface area contributed by atoms with Crippen molar-refractivity contribution in [3.63, 3.8) is 0 Å². The Balaban J connectivity index is 1.68. The molecule has 0 aromatic rings. The molecule has 2 aliphatic rings. The van der Waals surface area contributed by atoms with Gasteiger partial charge in [-0.3, -0.25) is 0 Å². The summed E-state index contributed by atoms with van der Waals surface area (Å²) in [5, 5.41) is 3.83. The fourth-order valence-electron chi connectivity index (χ4n) is 3.16. The minimum atomic E-state index is 0.714. The molecule has 88 valence electrons. The molecule has 0 heterocycles. The SMILES string of the molecule is CC(C)CC1(CNC2CCCCC2)CC1. The molecular formula is C14H27N. The van der Waals surface area contributed by atoms with Gasteiger partial charge in [-0.2, -0.15) is 0 Å². The van der Waals surface area contributed by atoms with Gasteiger partial charge in [0.1, 0.15) is 0 Å². The molecule has 1 nitrogen and oxygen atoms in total. The summed E-state index contributed by atoms with van der Waals surface area (Å²) in [7, 11) is 0. The average Bonchev–Trinajstić information content (AvgIpc) is 2.96. The first-order valence-corrected chi connectivity index (χ1v) is 6.94. The summed E-state index contributed by atoms with van der Waals surface area (Å²) >= 11 is 0. The van der Waals surface area contributed by atoms with E-state index >= 15 is 0 Å². The fourth-order valence-corrected chi connectivity index (χ4v) is 3.16. The van der Waals surface area contributed by atoms with Crippen molar-refractivity contribution < 1.29 is 0 Å². The monoisotopic (exact) mass is 209 g/mol. The Morgan fingerprint density at radius 3 is 2.33 bits per heavy atom. The summed E-state index contributed by atoms with van der Waals surface area (Å²) < 4.78 is 0. The molecule has 2 aliphatic carbocycles. The van der Waals surface area contributed by atoms with E-state index in [4.69, 9.17) is 0 Å². The zero-order chi connectivity index (χ0) is 10.7. The summed E-state index contributed by atoms with van der Waals surface area (Å²) in [6.07, 6.45) is 11.6. The van der Waals surface area contributed by atoms with Crippen LogP contribution in [0.2, 0.25) is 0 Å². The van der Waals surface area contributed by atoms with Crippen LogP contribution in [0.3, 0.4) is 0 Å². The Hall–Kier alpha value is -0.0400. The quantitative estimate of drug-likeness (QED) is 0.727. The molecule has 15 heavy (non-hydrogen) atoms. The van der Waals surface area contributed by atoms with E-state index in [1.54, 1.807) is 0 Å². The largest absolute Gasteiger partial charge is 0.313 e. The van der Waals surface area contributed by atoms with Gasteiger partial charge in [0.15, 0.2) is 0 Å². The van der Waals surface area contributed by atoms with Crippen LogP contribution in [0.1, 0.15) is 65.2 Å². The summed E-state index contributed by atoms with van der Waals surface area (Å²) in [5.74, 6) is 0.876. The highest BCUT2D eigenvalue weighted by Crippen LogP contribution is 2.50. The van der Waals surface area contributed by atoms with E-state index in [0.717, 1.165) is 12.0 Å². The first-order chi connectivity index (χ1) is 7.20. The van der Waals surface area contributed by atoms with Crippen LogP contribution in [0.4, 0.5) is 0 Å². The van der Waals surface area contributed by atoms with Gasteiger partial charge < -0.3 is 5.32 Å². The zero-order valence-electron chi connectivity index (χ0n) is 10.5. The van der Waals surface area contributed by atoms with Crippen molar-refractivity contribution in [2.45, 2.75) is 71.3 Å². The van der Waals surface area contributed by atoms with Gasteiger partial charge in [0, 0.05) is 12.6 Å².